The average Bonchev–Trinajstić information content (AvgIpc) is 2.79. The third-order valence-electron chi connectivity index (χ3n) is 4.03. The maximum Gasteiger partial charge on any atom is 0.203 e. The summed E-state index contributed by atoms with van der Waals surface area (Å²) in [6.07, 6.45) is 5.71. The molecule has 0 bridgehead atoms. The molecular formula is C15H28N4O. The molecule has 1 fully saturated rings. The van der Waals surface area contributed by atoms with Crippen LogP contribution in [-0.4, -0.2) is 54.8 Å². The first-order valence-electron chi connectivity index (χ1n) is 7.64. The van der Waals surface area contributed by atoms with Gasteiger partial charge in [-0.2, -0.15) is 0 Å². The SMILES string of the molecule is COCCCn1cc(C)nc1NCC1CCN(C)CC1. The van der Waals surface area contributed by atoms with Gasteiger partial charge in [0.1, 0.15) is 0 Å². The van der Waals surface area contributed by atoms with E-state index in [1.165, 1.54) is 25.9 Å². The first-order valence-corrected chi connectivity index (χ1v) is 7.64. The number of hydrogen-bond acceptors (Lipinski definition) is 4. The first kappa shape index (κ1) is 15.3. The number of piperidine rings is 1. The lowest BCUT2D eigenvalue weighted by Gasteiger charge is -2.29. The highest BCUT2D eigenvalue weighted by Crippen LogP contribution is 2.17. The zero-order chi connectivity index (χ0) is 14.4. The molecule has 5 heteroatoms. The highest BCUT2D eigenvalue weighted by molar-refractivity contribution is 5.28. The van der Waals surface area contributed by atoms with Crippen molar-refractivity contribution >= 4 is 5.95 Å². The zero-order valence-electron chi connectivity index (χ0n) is 13.1. The fraction of sp³-hybridized carbons (Fsp3) is 0.800. The molecule has 1 aliphatic rings. The van der Waals surface area contributed by atoms with Crippen molar-refractivity contribution in [3.05, 3.63) is 11.9 Å². The van der Waals surface area contributed by atoms with Crippen LogP contribution in [0.15, 0.2) is 6.20 Å². The summed E-state index contributed by atoms with van der Waals surface area (Å²) in [5.41, 5.74) is 1.08. The van der Waals surface area contributed by atoms with Crippen molar-refractivity contribution in [2.45, 2.75) is 32.7 Å². The molecule has 114 valence electrons. The van der Waals surface area contributed by atoms with Gasteiger partial charge in [-0.25, -0.2) is 4.98 Å². The second kappa shape index (κ2) is 7.64. The van der Waals surface area contributed by atoms with Gasteiger partial charge in [0.2, 0.25) is 5.95 Å². The molecule has 2 rings (SSSR count). The molecule has 0 radical (unpaired) electrons. The van der Waals surface area contributed by atoms with E-state index in [2.05, 4.69) is 33.0 Å². The molecular weight excluding hydrogens is 252 g/mol. The van der Waals surface area contributed by atoms with E-state index in [-0.39, 0.29) is 0 Å². The number of aromatic nitrogens is 2. The van der Waals surface area contributed by atoms with Crippen molar-refractivity contribution in [2.75, 3.05) is 45.7 Å². The number of anilines is 1. The summed E-state index contributed by atoms with van der Waals surface area (Å²) in [4.78, 5) is 7.00. The molecule has 1 aromatic rings. The van der Waals surface area contributed by atoms with E-state index in [0.29, 0.717) is 0 Å². The Morgan fingerprint density at radius 1 is 1.40 bits per heavy atom. The summed E-state index contributed by atoms with van der Waals surface area (Å²) in [6, 6.07) is 0. The lowest BCUT2D eigenvalue weighted by atomic mass is 9.97. The van der Waals surface area contributed by atoms with Crippen molar-refractivity contribution in [1.29, 1.82) is 0 Å². The van der Waals surface area contributed by atoms with Gasteiger partial charge in [-0.1, -0.05) is 0 Å². The topological polar surface area (TPSA) is 42.3 Å². The Morgan fingerprint density at radius 2 is 2.15 bits per heavy atom. The highest BCUT2D eigenvalue weighted by Gasteiger charge is 2.17. The molecule has 0 unspecified atom stereocenters. The number of methoxy groups -OCH3 is 1. The van der Waals surface area contributed by atoms with E-state index in [0.717, 1.165) is 43.7 Å². The van der Waals surface area contributed by atoms with E-state index < -0.39 is 0 Å². The van der Waals surface area contributed by atoms with Gasteiger partial charge in [0, 0.05) is 33.0 Å². The number of likely N-dealkylation sites (tertiary alicyclic amines) is 1. The summed E-state index contributed by atoms with van der Waals surface area (Å²) < 4.78 is 7.33. The largest absolute Gasteiger partial charge is 0.385 e. The minimum Gasteiger partial charge on any atom is -0.385 e. The van der Waals surface area contributed by atoms with E-state index >= 15 is 0 Å². The molecule has 1 N–H and O–H groups in total. The van der Waals surface area contributed by atoms with Crippen LogP contribution in [0.25, 0.3) is 0 Å². The van der Waals surface area contributed by atoms with Gasteiger partial charge in [-0.3, -0.25) is 0 Å². The van der Waals surface area contributed by atoms with Crippen LogP contribution < -0.4 is 5.32 Å². The van der Waals surface area contributed by atoms with Gasteiger partial charge in [-0.05, 0) is 52.2 Å². The van der Waals surface area contributed by atoms with Crippen LogP contribution >= 0.6 is 0 Å². The average molecular weight is 280 g/mol. The maximum atomic E-state index is 5.12. The number of aryl methyl sites for hydroxylation is 2. The minimum atomic E-state index is 0.774. The molecule has 1 aliphatic heterocycles. The summed E-state index contributed by atoms with van der Waals surface area (Å²) in [5.74, 6) is 1.79. The third kappa shape index (κ3) is 4.49. The van der Waals surface area contributed by atoms with Gasteiger partial charge in [0.05, 0.1) is 5.69 Å². The van der Waals surface area contributed by atoms with Gasteiger partial charge in [0.25, 0.3) is 0 Å². The molecule has 20 heavy (non-hydrogen) atoms. The van der Waals surface area contributed by atoms with E-state index in [1.807, 2.05) is 6.92 Å². The predicted octanol–water partition coefficient (Wildman–Crippen LogP) is 1.98. The predicted molar refractivity (Wildman–Crippen MR) is 82.2 cm³/mol. The lowest BCUT2D eigenvalue weighted by molar-refractivity contribution is 0.190. The molecule has 0 spiro atoms. The highest BCUT2D eigenvalue weighted by atomic mass is 16.5. The molecule has 5 nitrogen and oxygen atoms in total. The van der Waals surface area contributed by atoms with Crippen LogP contribution in [0.1, 0.15) is 25.0 Å². The van der Waals surface area contributed by atoms with Crippen molar-refractivity contribution in [3.63, 3.8) is 0 Å². The number of imidazole rings is 1. The van der Waals surface area contributed by atoms with E-state index in [9.17, 15) is 0 Å². The Hall–Kier alpha value is -1.07. The van der Waals surface area contributed by atoms with Gasteiger partial charge in [0.15, 0.2) is 0 Å². The Morgan fingerprint density at radius 3 is 2.85 bits per heavy atom. The quantitative estimate of drug-likeness (QED) is 0.776. The Bertz CT molecular complexity index is 397. The molecule has 1 aromatic heterocycles. The Kier molecular flexibility index (Phi) is 5.86. The van der Waals surface area contributed by atoms with Crippen molar-refractivity contribution in [3.8, 4) is 0 Å². The molecule has 0 amide bonds. The number of ether oxygens (including phenoxy) is 1. The Balaban J connectivity index is 1.82. The molecule has 2 heterocycles. The first-order chi connectivity index (χ1) is 9.69. The number of nitrogens with one attached hydrogen (secondary N) is 1. The van der Waals surface area contributed by atoms with Crippen LogP contribution in [0, 0.1) is 12.8 Å². The van der Waals surface area contributed by atoms with Gasteiger partial charge < -0.3 is 19.5 Å². The number of rotatable bonds is 7. The standard InChI is InChI=1S/C15H28N4O/c1-13-12-19(7-4-10-20-3)15(17-13)16-11-14-5-8-18(2)9-6-14/h12,14H,4-11H2,1-3H3,(H,16,17). The Labute approximate surface area is 122 Å². The van der Waals surface area contributed by atoms with Gasteiger partial charge in [-0.15, -0.1) is 0 Å². The van der Waals surface area contributed by atoms with Crippen LogP contribution in [0.4, 0.5) is 5.95 Å². The smallest absolute Gasteiger partial charge is 0.203 e. The monoisotopic (exact) mass is 280 g/mol. The minimum absolute atomic E-state index is 0.774. The summed E-state index contributed by atoms with van der Waals surface area (Å²) in [7, 11) is 3.95. The second-order valence-corrected chi connectivity index (χ2v) is 5.87. The normalized spacial score (nSPS) is 17.6. The van der Waals surface area contributed by atoms with Crippen LogP contribution in [0.3, 0.4) is 0 Å². The molecule has 0 atom stereocenters. The molecule has 0 aliphatic carbocycles. The number of nitrogens with zero attached hydrogens (tertiary/aromatic N) is 3. The van der Waals surface area contributed by atoms with Crippen molar-refractivity contribution in [1.82, 2.24) is 14.5 Å². The van der Waals surface area contributed by atoms with Crippen molar-refractivity contribution < 1.29 is 4.74 Å². The maximum absolute atomic E-state index is 5.12. The second-order valence-electron chi connectivity index (χ2n) is 5.87. The fourth-order valence-corrected chi connectivity index (χ4v) is 2.74. The van der Waals surface area contributed by atoms with Crippen LogP contribution in [0.5, 0.6) is 0 Å². The van der Waals surface area contributed by atoms with E-state index in [4.69, 9.17) is 4.74 Å². The molecule has 0 saturated carbocycles. The molecule has 0 aromatic carbocycles. The summed E-state index contributed by atoms with van der Waals surface area (Å²) >= 11 is 0. The van der Waals surface area contributed by atoms with Gasteiger partial charge >= 0.3 is 0 Å². The van der Waals surface area contributed by atoms with Crippen LogP contribution in [-0.2, 0) is 11.3 Å². The third-order valence-corrected chi connectivity index (χ3v) is 4.03. The number of hydrogen-bond donors (Lipinski definition) is 1. The zero-order valence-corrected chi connectivity index (χ0v) is 13.1. The van der Waals surface area contributed by atoms with Crippen LogP contribution in [0.2, 0.25) is 0 Å². The lowest BCUT2D eigenvalue weighted by Crippen LogP contribution is -2.33. The summed E-state index contributed by atoms with van der Waals surface area (Å²) in [6.45, 7) is 7.28. The van der Waals surface area contributed by atoms with Crippen molar-refractivity contribution in [2.24, 2.45) is 5.92 Å². The van der Waals surface area contributed by atoms with E-state index in [1.54, 1.807) is 7.11 Å². The summed E-state index contributed by atoms with van der Waals surface area (Å²) in [5, 5.41) is 3.54. The molecule has 1 saturated heterocycles. The fourth-order valence-electron chi connectivity index (χ4n) is 2.74.